The van der Waals surface area contributed by atoms with E-state index in [-0.39, 0.29) is 5.56 Å². The SMILES string of the molecule is O=C(O)CC(O)c1ccc(O)c(O)c1O. The first-order chi connectivity index (χ1) is 6.93. The molecule has 0 saturated carbocycles. The number of aromatic hydroxyl groups is 3. The van der Waals surface area contributed by atoms with Gasteiger partial charge in [0.15, 0.2) is 11.5 Å². The second-order valence-electron chi connectivity index (χ2n) is 2.98. The Bertz CT molecular complexity index is 386. The van der Waals surface area contributed by atoms with Crippen LogP contribution in [-0.2, 0) is 4.79 Å². The van der Waals surface area contributed by atoms with Crippen LogP contribution in [0.25, 0.3) is 0 Å². The molecule has 5 N–H and O–H groups in total. The van der Waals surface area contributed by atoms with Crippen molar-refractivity contribution < 1.29 is 30.3 Å². The molecule has 1 atom stereocenters. The van der Waals surface area contributed by atoms with Gasteiger partial charge in [-0.2, -0.15) is 0 Å². The zero-order valence-electron chi connectivity index (χ0n) is 7.58. The molecule has 1 aromatic carbocycles. The normalized spacial score (nSPS) is 12.3. The number of hydrogen-bond donors (Lipinski definition) is 5. The number of phenolic OH excluding ortho intramolecular Hbond substituents is 3. The van der Waals surface area contributed by atoms with E-state index in [9.17, 15) is 15.0 Å². The highest BCUT2D eigenvalue weighted by molar-refractivity contribution is 5.68. The lowest BCUT2D eigenvalue weighted by molar-refractivity contribution is -0.139. The molecule has 0 aliphatic carbocycles. The van der Waals surface area contributed by atoms with E-state index in [0.717, 1.165) is 12.1 Å². The molecule has 0 fully saturated rings. The van der Waals surface area contributed by atoms with Crippen molar-refractivity contribution in [3.8, 4) is 17.2 Å². The summed E-state index contributed by atoms with van der Waals surface area (Å²) in [7, 11) is 0. The van der Waals surface area contributed by atoms with Crippen molar-refractivity contribution in [2.75, 3.05) is 0 Å². The fourth-order valence-corrected chi connectivity index (χ4v) is 1.13. The molecule has 0 aliphatic rings. The minimum absolute atomic E-state index is 0.146. The van der Waals surface area contributed by atoms with E-state index >= 15 is 0 Å². The number of carboxylic acids is 1. The van der Waals surface area contributed by atoms with Gasteiger partial charge in [0.25, 0.3) is 0 Å². The minimum Gasteiger partial charge on any atom is -0.504 e. The molecule has 0 bridgehead atoms. The number of carboxylic acid groups (broad SMARTS) is 1. The van der Waals surface area contributed by atoms with Crippen molar-refractivity contribution >= 4 is 5.97 Å². The van der Waals surface area contributed by atoms with Crippen LogP contribution in [-0.4, -0.2) is 31.5 Å². The van der Waals surface area contributed by atoms with Crippen LogP contribution in [0.4, 0.5) is 0 Å². The van der Waals surface area contributed by atoms with Crippen molar-refractivity contribution in [1.82, 2.24) is 0 Å². The summed E-state index contributed by atoms with van der Waals surface area (Å²) in [5.74, 6) is -3.28. The van der Waals surface area contributed by atoms with E-state index in [1.807, 2.05) is 0 Å². The molecule has 0 aromatic heterocycles. The second-order valence-corrected chi connectivity index (χ2v) is 2.98. The molecule has 0 spiro atoms. The van der Waals surface area contributed by atoms with E-state index < -0.39 is 35.7 Å². The van der Waals surface area contributed by atoms with Crippen LogP contribution in [0.1, 0.15) is 18.1 Å². The highest BCUT2D eigenvalue weighted by Gasteiger charge is 2.19. The number of hydrogen-bond acceptors (Lipinski definition) is 5. The lowest BCUT2D eigenvalue weighted by Crippen LogP contribution is -2.05. The van der Waals surface area contributed by atoms with Crippen LogP contribution in [0, 0.1) is 0 Å². The number of aliphatic hydroxyl groups excluding tert-OH is 1. The molecule has 0 aliphatic heterocycles. The summed E-state index contributed by atoms with van der Waals surface area (Å²) in [4.78, 5) is 10.3. The first-order valence-corrected chi connectivity index (χ1v) is 4.07. The van der Waals surface area contributed by atoms with Gasteiger partial charge < -0.3 is 25.5 Å². The maximum atomic E-state index is 10.3. The van der Waals surface area contributed by atoms with Gasteiger partial charge >= 0.3 is 5.97 Å². The van der Waals surface area contributed by atoms with Crippen molar-refractivity contribution in [1.29, 1.82) is 0 Å². The summed E-state index contributed by atoms with van der Waals surface area (Å²) in [6.45, 7) is 0. The molecule has 6 nitrogen and oxygen atoms in total. The molecule has 1 rings (SSSR count). The topological polar surface area (TPSA) is 118 Å². The summed E-state index contributed by atoms with van der Waals surface area (Å²) >= 11 is 0. The molecule has 0 saturated heterocycles. The fourth-order valence-electron chi connectivity index (χ4n) is 1.13. The third kappa shape index (κ3) is 2.29. The first kappa shape index (κ1) is 11.1. The first-order valence-electron chi connectivity index (χ1n) is 4.07. The van der Waals surface area contributed by atoms with Crippen LogP contribution >= 0.6 is 0 Å². The average molecular weight is 214 g/mol. The molecule has 0 radical (unpaired) electrons. The van der Waals surface area contributed by atoms with Gasteiger partial charge in [-0.3, -0.25) is 4.79 Å². The lowest BCUT2D eigenvalue weighted by Gasteiger charge is -2.11. The average Bonchev–Trinajstić information content (AvgIpc) is 2.13. The van der Waals surface area contributed by atoms with E-state index in [2.05, 4.69) is 0 Å². The number of carbonyl (C=O) groups is 1. The molecule has 0 heterocycles. The maximum Gasteiger partial charge on any atom is 0.306 e. The molecule has 15 heavy (non-hydrogen) atoms. The van der Waals surface area contributed by atoms with Gasteiger partial charge in [0.05, 0.1) is 12.5 Å². The van der Waals surface area contributed by atoms with Crippen molar-refractivity contribution in [3.05, 3.63) is 17.7 Å². The van der Waals surface area contributed by atoms with Gasteiger partial charge in [-0.15, -0.1) is 0 Å². The standard InChI is InChI=1S/C9H10O6/c10-5-2-1-4(8(14)9(5)15)6(11)3-7(12)13/h1-2,6,10-11,14-15H,3H2,(H,12,13). The van der Waals surface area contributed by atoms with Gasteiger partial charge in [0.1, 0.15) is 0 Å². The summed E-state index contributed by atoms with van der Waals surface area (Å²) in [5, 5.41) is 45.2. The van der Waals surface area contributed by atoms with Crippen molar-refractivity contribution in [2.24, 2.45) is 0 Å². The quantitative estimate of drug-likeness (QED) is 0.462. The highest BCUT2D eigenvalue weighted by atomic mass is 16.4. The van der Waals surface area contributed by atoms with Gasteiger partial charge in [0, 0.05) is 5.56 Å². The van der Waals surface area contributed by atoms with Crippen LogP contribution in [0.5, 0.6) is 17.2 Å². The smallest absolute Gasteiger partial charge is 0.306 e. The monoisotopic (exact) mass is 214 g/mol. The van der Waals surface area contributed by atoms with Crippen molar-refractivity contribution in [2.45, 2.75) is 12.5 Å². The molecular weight excluding hydrogens is 204 g/mol. The number of rotatable bonds is 3. The number of aliphatic hydroxyl groups is 1. The Morgan fingerprint density at radius 1 is 1.20 bits per heavy atom. The molecular formula is C9H10O6. The van der Waals surface area contributed by atoms with Gasteiger partial charge in [-0.05, 0) is 12.1 Å². The van der Waals surface area contributed by atoms with E-state index in [0.29, 0.717) is 0 Å². The molecule has 1 unspecified atom stereocenters. The lowest BCUT2D eigenvalue weighted by atomic mass is 10.0. The largest absolute Gasteiger partial charge is 0.504 e. The summed E-state index contributed by atoms with van der Waals surface area (Å²) in [5.41, 5.74) is -0.146. The third-order valence-corrected chi connectivity index (χ3v) is 1.89. The Morgan fingerprint density at radius 2 is 1.80 bits per heavy atom. The van der Waals surface area contributed by atoms with Crippen LogP contribution in [0.3, 0.4) is 0 Å². The summed E-state index contributed by atoms with van der Waals surface area (Å²) in [6.07, 6.45) is -2.04. The molecule has 1 aromatic rings. The van der Waals surface area contributed by atoms with Gasteiger partial charge in [-0.1, -0.05) is 0 Å². The predicted molar refractivity (Wildman–Crippen MR) is 48.6 cm³/mol. The minimum atomic E-state index is -1.44. The number of benzene rings is 1. The maximum absolute atomic E-state index is 10.3. The van der Waals surface area contributed by atoms with Crippen LogP contribution in [0.2, 0.25) is 0 Å². The second kappa shape index (κ2) is 4.05. The molecule has 0 amide bonds. The predicted octanol–water partition coefficient (Wildman–Crippen LogP) is 0.311. The van der Waals surface area contributed by atoms with Crippen molar-refractivity contribution in [3.63, 3.8) is 0 Å². The third-order valence-electron chi connectivity index (χ3n) is 1.89. The van der Waals surface area contributed by atoms with Crippen LogP contribution < -0.4 is 0 Å². The van der Waals surface area contributed by atoms with Crippen LogP contribution in [0.15, 0.2) is 12.1 Å². The Hall–Kier alpha value is -1.95. The highest BCUT2D eigenvalue weighted by Crippen LogP contribution is 2.40. The molecule has 6 heteroatoms. The van der Waals surface area contributed by atoms with Gasteiger partial charge in [-0.25, -0.2) is 0 Å². The van der Waals surface area contributed by atoms with E-state index in [1.165, 1.54) is 0 Å². The zero-order chi connectivity index (χ0) is 11.6. The zero-order valence-corrected chi connectivity index (χ0v) is 7.58. The summed E-state index contributed by atoms with van der Waals surface area (Å²) < 4.78 is 0. The fraction of sp³-hybridized carbons (Fsp3) is 0.222. The number of phenols is 3. The molecule has 82 valence electrons. The van der Waals surface area contributed by atoms with Gasteiger partial charge in [0.2, 0.25) is 5.75 Å². The summed E-state index contributed by atoms with van der Waals surface area (Å²) in [6, 6.07) is 2.19. The Kier molecular flexibility index (Phi) is 3.01. The Labute approximate surface area is 84.7 Å². The van der Waals surface area contributed by atoms with E-state index in [1.54, 1.807) is 0 Å². The Balaban J connectivity index is 3.05. The Morgan fingerprint density at radius 3 is 2.33 bits per heavy atom. The van der Waals surface area contributed by atoms with E-state index in [4.69, 9.17) is 15.3 Å². The number of aliphatic carboxylic acids is 1.